The van der Waals surface area contributed by atoms with Crippen molar-refractivity contribution in [3.63, 3.8) is 0 Å². The quantitative estimate of drug-likeness (QED) is 0.138. The summed E-state index contributed by atoms with van der Waals surface area (Å²) in [4.78, 5) is 2.45. The molecule has 1 aromatic heterocycles. The average Bonchev–Trinajstić information content (AvgIpc) is 3.91. The number of aromatic nitrogens is 1. The lowest BCUT2D eigenvalue weighted by molar-refractivity contribution is 0.660. The summed E-state index contributed by atoms with van der Waals surface area (Å²) in [6, 6.07) is 98.8. The fourth-order valence-electron chi connectivity index (χ4n) is 12.2. The van der Waals surface area contributed by atoms with Gasteiger partial charge in [0, 0.05) is 39.1 Å². The van der Waals surface area contributed by atoms with Crippen LogP contribution in [0.5, 0.6) is 0 Å². The molecule has 0 N–H and O–H groups in total. The predicted octanol–water partition coefficient (Wildman–Crippen LogP) is 19.5. The van der Waals surface area contributed by atoms with Crippen molar-refractivity contribution in [1.82, 2.24) is 4.57 Å². The summed E-state index contributed by atoms with van der Waals surface area (Å²) in [5, 5.41) is 8.44. The Hall–Kier alpha value is -9.24. The lowest BCUT2D eigenvalue weighted by Crippen LogP contribution is -2.16. The molecular weight excluding hydrogens is 881 g/mol. The summed E-state index contributed by atoms with van der Waals surface area (Å²) in [6.07, 6.45) is 0. The van der Waals surface area contributed by atoms with Crippen LogP contribution in [0.4, 0.5) is 17.1 Å². The van der Waals surface area contributed by atoms with Gasteiger partial charge in [-0.15, -0.1) is 0 Å². The molecule has 1 heterocycles. The van der Waals surface area contributed by atoms with E-state index in [0.717, 1.165) is 33.8 Å². The Kier molecular flexibility index (Phi) is 9.91. The summed E-state index contributed by atoms with van der Waals surface area (Å²) in [5.74, 6) is 0. The molecule has 2 nitrogen and oxygen atoms in total. The van der Waals surface area contributed by atoms with Crippen LogP contribution in [0.3, 0.4) is 0 Å². The molecule has 0 fully saturated rings. The summed E-state index contributed by atoms with van der Waals surface area (Å²) in [5.41, 5.74) is 20.3. The molecule has 14 rings (SSSR count). The predicted molar refractivity (Wildman–Crippen MR) is 310 cm³/mol. The van der Waals surface area contributed by atoms with E-state index < -0.39 is 0 Å². The SMILES string of the molecule is CC1(C)c2ccccc2-c2ccc(N(c3ccccc3)c3ccc4c(-c5ccccc5)c5cc6c(cc5c(-c5ccccc5)c4c3)c(-c3ccccc3)c(-c3ccccc3)n6-c3ccc4ccccc4c3)cc21. The second-order valence-corrected chi connectivity index (χ2v) is 20.0. The summed E-state index contributed by atoms with van der Waals surface area (Å²) >= 11 is 0. The highest BCUT2D eigenvalue weighted by Gasteiger charge is 2.36. The molecule has 1 aliphatic rings. The highest BCUT2D eigenvalue weighted by atomic mass is 15.1. The molecule has 1 aliphatic carbocycles. The number of fused-ring (bicyclic) bond motifs is 7. The Morgan fingerprint density at radius 1 is 0.315 bits per heavy atom. The molecule has 2 heteroatoms. The van der Waals surface area contributed by atoms with Crippen LogP contribution in [0.1, 0.15) is 25.0 Å². The van der Waals surface area contributed by atoms with Crippen LogP contribution in [-0.4, -0.2) is 4.57 Å². The second-order valence-electron chi connectivity index (χ2n) is 20.0. The molecule has 13 aromatic rings. The van der Waals surface area contributed by atoms with E-state index in [-0.39, 0.29) is 5.41 Å². The number of nitrogens with zero attached hydrogens (tertiary/aromatic N) is 2. The zero-order chi connectivity index (χ0) is 48.6. The molecule has 73 heavy (non-hydrogen) atoms. The lowest BCUT2D eigenvalue weighted by Gasteiger charge is -2.29. The smallest absolute Gasteiger partial charge is 0.0619 e. The third-order valence-electron chi connectivity index (χ3n) is 15.5. The van der Waals surface area contributed by atoms with E-state index in [1.165, 1.54) is 99.0 Å². The van der Waals surface area contributed by atoms with Crippen LogP contribution in [0.2, 0.25) is 0 Å². The van der Waals surface area contributed by atoms with E-state index in [9.17, 15) is 0 Å². The number of para-hydroxylation sites is 1. The number of hydrogen-bond acceptors (Lipinski definition) is 1. The van der Waals surface area contributed by atoms with Gasteiger partial charge in [0.1, 0.15) is 0 Å². The zero-order valence-corrected chi connectivity index (χ0v) is 40.8. The first-order valence-electron chi connectivity index (χ1n) is 25.4. The number of hydrogen-bond donors (Lipinski definition) is 0. The standard InChI is InChI=1S/C71H50N2/c1-71(2)64-35-21-20-34-57(64)58-40-38-56(44-65(58)71)72(53-32-16-7-17-33-53)55-39-41-59-60(43-55)68(49-25-10-4-11-26-49)61-45-63-66(46-62(61)67(59)48-23-8-3-9-24-48)73(54-37-36-47-22-18-19-31-52(47)42-54)70(51-29-14-6-15-30-51)69(63)50-27-12-5-13-28-50/h3-46H,1-2H3. The highest BCUT2D eigenvalue weighted by molar-refractivity contribution is 6.25. The van der Waals surface area contributed by atoms with Crippen molar-refractivity contribution < 1.29 is 0 Å². The van der Waals surface area contributed by atoms with E-state index in [2.05, 4.69) is 290 Å². The first-order valence-corrected chi connectivity index (χ1v) is 25.4. The molecule has 0 bridgehead atoms. The van der Waals surface area contributed by atoms with Gasteiger partial charge in [-0.1, -0.05) is 220 Å². The molecule has 0 saturated heterocycles. The van der Waals surface area contributed by atoms with Crippen molar-refractivity contribution in [2.24, 2.45) is 0 Å². The van der Waals surface area contributed by atoms with Crippen LogP contribution < -0.4 is 4.90 Å². The van der Waals surface area contributed by atoms with Gasteiger partial charge >= 0.3 is 0 Å². The van der Waals surface area contributed by atoms with Gasteiger partial charge in [0.15, 0.2) is 0 Å². The molecule has 0 aliphatic heterocycles. The van der Waals surface area contributed by atoms with Gasteiger partial charge < -0.3 is 9.47 Å². The van der Waals surface area contributed by atoms with Crippen LogP contribution in [0, 0.1) is 0 Å². The monoisotopic (exact) mass is 930 g/mol. The molecule has 0 radical (unpaired) electrons. The van der Waals surface area contributed by atoms with Crippen molar-refractivity contribution in [3.8, 4) is 61.5 Å². The maximum Gasteiger partial charge on any atom is 0.0619 e. The van der Waals surface area contributed by atoms with E-state index in [1.54, 1.807) is 0 Å². The minimum atomic E-state index is -0.144. The topological polar surface area (TPSA) is 8.17 Å². The Labute approximate surface area is 426 Å². The molecule has 0 atom stereocenters. The molecule has 12 aromatic carbocycles. The van der Waals surface area contributed by atoms with Crippen molar-refractivity contribution in [2.75, 3.05) is 4.90 Å². The lowest BCUT2D eigenvalue weighted by atomic mass is 9.82. The fraction of sp³-hybridized carbons (Fsp3) is 0.0423. The van der Waals surface area contributed by atoms with E-state index in [4.69, 9.17) is 0 Å². The zero-order valence-electron chi connectivity index (χ0n) is 40.8. The van der Waals surface area contributed by atoms with Crippen LogP contribution >= 0.6 is 0 Å². The Bertz CT molecular complexity index is 4250. The maximum absolute atomic E-state index is 2.53. The van der Waals surface area contributed by atoms with E-state index in [0.29, 0.717) is 0 Å². The summed E-state index contributed by atoms with van der Waals surface area (Å²) in [7, 11) is 0. The number of benzene rings is 12. The van der Waals surface area contributed by atoms with Crippen molar-refractivity contribution in [2.45, 2.75) is 19.3 Å². The minimum absolute atomic E-state index is 0.144. The largest absolute Gasteiger partial charge is 0.310 e. The van der Waals surface area contributed by atoms with Gasteiger partial charge in [-0.25, -0.2) is 0 Å². The first-order chi connectivity index (χ1) is 36.0. The maximum atomic E-state index is 2.53. The van der Waals surface area contributed by atoms with Gasteiger partial charge in [0.2, 0.25) is 0 Å². The van der Waals surface area contributed by atoms with Gasteiger partial charge in [0.05, 0.1) is 11.2 Å². The average molecular weight is 931 g/mol. The van der Waals surface area contributed by atoms with Crippen molar-refractivity contribution in [1.29, 1.82) is 0 Å². The summed E-state index contributed by atoms with van der Waals surface area (Å²) in [6.45, 7) is 4.73. The van der Waals surface area contributed by atoms with E-state index in [1.807, 2.05) is 0 Å². The molecular formula is C71H50N2. The van der Waals surface area contributed by atoms with Gasteiger partial charge in [-0.2, -0.15) is 0 Å². The third-order valence-corrected chi connectivity index (χ3v) is 15.5. The van der Waals surface area contributed by atoms with Gasteiger partial charge in [-0.05, 0) is 149 Å². The normalized spacial score (nSPS) is 12.6. The molecule has 0 spiro atoms. The van der Waals surface area contributed by atoms with Crippen molar-refractivity contribution >= 4 is 60.3 Å². The van der Waals surface area contributed by atoms with Crippen LogP contribution in [0.15, 0.2) is 267 Å². The minimum Gasteiger partial charge on any atom is -0.310 e. The highest BCUT2D eigenvalue weighted by Crippen LogP contribution is 2.53. The van der Waals surface area contributed by atoms with Crippen LogP contribution in [-0.2, 0) is 5.41 Å². The molecule has 0 amide bonds. The summed E-state index contributed by atoms with van der Waals surface area (Å²) < 4.78 is 2.53. The van der Waals surface area contributed by atoms with E-state index >= 15 is 0 Å². The van der Waals surface area contributed by atoms with Gasteiger partial charge in [-0.3, -0.25) is 0 Å². The molecule has 0 saturated carbocycles. The van der Waals surface area contributed by atoms with Gasteiger partial charge in [0.25, 0.3) is 0 Å². The van der Waals surface area contributed by atoms with Crippen molar-refractivity contribution in [3.05, 3.63) is 278 Å². The van der Waals surface area contributed by atoms with Crippen LogP contribution in [0.25, 0.3) is 105 Å². The Morgan fingerprint density at radius 3 is 1.51 bits per heavy atom. The third kappa shape index (κ3) is 6.86. The fourth-order valence-corrected chi connectivity index (χ4v) is 12.2. The first kappa shape index (κ1) is 42.6. The molecule has 0 unspecified atom stereocenters. The number of rotatable bonds is 8. The Morgan fingerprint density at radius 2 is 0.822 bits per heavy atom. The number of anilines is 3. The molecule has 344 valence electrons. The second kappa shape index (κ2) is 17.0. The Balaban J connectivity index is 1.12.